The third kappa shape index (κ3) is 4.82. The molecule has 0 bridgehead atoms. The van der Waals surface area contributed by atoms with E-state index in [0.29, 0.717) is 49.2 Å². The monoisotopic (exact) mass is 726 g/mol. The van der Waals surface area contributed by atoms with E-state index in [4.69, 9.17) is 9.47 Å². The van der Waals surface area contributed by atoms with Crippen molar-refractivity contribution in [3.05, 3.63) is 147 Å². The lowest BCUT2D eigenvalue weighted by atomic mass is 9.69. The van der Waals surface area contributed by atoms with E-state index < -0.39 is 38.6 Å². The third-order valence-corrected chi connectivity index (χ3v) is 12.4. The number of esters is 1. The molecule has 0 aromatic heterocycles. The summed E-state index contributed by atoms with van der Waals surface area (Å²) in [6.45, 7) is 0. The predicted octanol–water partition coefficient (Wildman–Crippen LogP) is 7.58. The van der Waals surface area contributed by atoms with Crippen molar-refractivity contribution in [1.82, 2.24) is 0 Å². The number of hydrogen-bond donors (Lipinski definition) is 3. The Morgan fingerprint density at radius 2 is 1.49 bits per heavy atom. The molecule has 3 N–H and O–H groups in total. The van der Waals surface area contributed by atoms with E-state index in [1.165, 1.54) is 35.7 Å². The first kappa shape index (κ1) is 31.3. The van der Waals surface area contributed by atoms with E-state index in [2.05, 4.69) is 22.8 Å². The number of nitrogens with one attached hydrogen (secondary N) is 2. The Morgan fingerprint density at radius 3 is 2.14 bits per heavy atom. The fourth-order valence-electron chi connectivity index (χ4n) is 7.14. The third-order valence-electron chi connectivity index (χ3n) is 9.41. The highest BCUT2D eigenvalue weighted by Gasteiger charge is 2.58. The van der Waals surface area contributed by atoms with E-state index in [-0.39, 0.29) is 5.56 Å². The van der Waals surface area contributed by atoms with Crippen molar-refractivity contribution in [2.24, 2.45) is 5.92 Å². The van der Waals surface area contributed by atoms with E-state index in [1.54, 1.807) is 24.3 Å². The number of fused-ring (bicyclic) bond motifs is 8. The molecule has 51 heavy (non-hydrogen) atoms. The van der Waals surface area contributed by atoms with Crippen molar-refractivity contribution in [3.63, 3.8) is 0 Å². The van der Waals surface area contributed by atoms with Crippen molar-refractivity contribution in [2.45, 2.75) is 26.4 Å². The lowest BCUT2D eigenvalue weighted by Gasteiger charge is -2.45. The highest BCUT2D eigenvalue weighted by atomic mass is 32.2. The molecule has 248 valence electrons. The lowest BCUT2D eigenvalue weighted by Crippen LogP contribution is -2.48. The van der Waals surface area contributed by atoms with Crippen LogP contribution < -0.4 is 15.4 Å². The zero-order chi connectivity index (χ0) is 35.1. The van der Waals surface area contributed by atoms with E-state index in [0.717, 1.165) is 27.2 Å². The van der Waals surface area contributed by atoms with Crippen LogP contribution in [0.4, 0.5) is 11.4 Å². The molecule has 3 atom stereocenters. The molecule has 4 aromatic carbocycles. The van der Waals surface area contributed by atoms with Gasteiger partial charge in [0, 0.05) is 20.9 Å². The van der Waals surface area contributed by atoms with Crippen LogP contribution in [-0.2, 0) is 20.5 Å². The standard InChI is InChI=1S/C38H22N4O6S3/c39-18-24(35-41-29-5-1-3-7-33(29)49-35)20-9-12-27-31(15-20)47-32-16-21(25(19-40)36-42-30-6-2-4-8-34(30)50-36)10-13-28(32)38(27)26-14-11-22(51(44,45)46)17-23(26)37(43)48-38/h1-17,27,31,41-42H,(H,44,45,46)/b35-24-,36-25-. The zero-order valence-electron chi connectivity index (χ0n) is 26.1. The Bertz CT molecular complexity index is 2540. The number of allylic oxidation sites excluding steroid dienone is 4. The topological polar surface area (TPSA) is 162 Å². The largest absolute Gasteiger partial charge is 0.485 e. The number of thioether (sulfide) groups is 2. The van der Waals surface area contributed by atoms with Crippen molar-refractivity contribution in [2.75, 3.05) is 10.6 Å². The molecule has 4 aliphatic heterocycles. The quantitative estimate of drug-likeness (QED) is 0.108. The van der Waals surface area contributed by atoms with Crippen LogP contribution >= 0.6 is 23.5 Å². The molecule has 13 heteroatoms. The number of para-hydroxylation sites is 2. The maximum atomic E-state index is 13.6. The molecule has 5 aliphatic rings. The van der Waals surface area contributed by atoms with Gasteiger partial charge in [0.2, 0.25) is 0 Å². The highest BCUT2D eigenvalue weighted by Crippen LogP contribution is 2.57. The van der Waals surface area contributed by atoms with Crippen LogP contribution in [0, 0.1) is 28.6 Å². The van der Waals surface area contributed by atoms with E-state index in [9.17, 15) is 28.3 Å². The van der Waals surface area contributed by atoms with Crippen LogP contribution in [0.15, 0.2) is 139 Å². The molecule has 4 heterocycles. The number of nitriles is 2. The van der Waals surface area contributed by atoms with Gasteiger partial charge in [0.15, 0.2) is 5.60 Å². The summed E-state index contributed by atoms with van der Waals surface area (Å²) in [4.78, 5) is 15.2. The number of hydrogen-bond acceptors (Lipinski definition) is 11. The number of ether oxygens (including phenoxy) is 2. The molecule has 3 unspecified atom stereocenters. The summed E-state index contributed by atoms with van der Waals surface area (Å²) in [5.41, 5.74) is 3.20. The van der Waals surface area contributed by atoms with Crippen molar-refractivity contribution in [1.29, 1.82) is 10.5 Å². The molecule has 10 nitrogen and oxygen atoms in total. The Labute approximate surface area is 300 Å². The first-order valence-corrected chi connectivity index (χ1v) is 18.7. The van der Waals surface area contributed by atoms with Gasteiger partial charge < -0.3 is 20.1 Å². The van der Waals surface area contributed by atoms with Crippen molar-refractivity contribution >= 4 is 56.6 Å². The van der Waals surface area contributed by atoms with Crippen molar-refractivity contribution < 1.29 is 27.2 Å². The molecule has 1 aliphatic carbocycles. The minimum Gasteiger partial charge on any atom is -0.485 e. The Balaban J connectivity index is 1.19. The maximum absolute atomic E-state index is 13.6. The minimum atomic E-state index is -4.61. The first-order valence-electron chi connectivity index (χ1n) is 15.6. The van der Waals surface area contributed by atoms with Gasteiger partial charge in [0.25, 0.3) is 10.1 Å². The van der Waals surface area contributed by atoms with Gasteiger partial charge in [-0.05, 0) is 59.7 Å². The van der Waals surface area contributed by atoms with Gasteiger partial charge in [-0.25, -0.2) is 4.79 Å². The average molecular weight is 727 g/mol. The van der Waals surface area contributed by atoms with E-state index in [1.807, 2.05) is 60.7 Å². The maximum Gasteiger partial charge on any atom is 0.339 e. The fourth-order valence-corrected chi connectivity index (χ4v) is 9.69. The smallest absolute Gasteiger partial charge is 0.339 e. The normalized spacial score (nSPS) is 23.8. The summed E-state index contributed by atoms with van der Waals surface area (Å²) in [5, 5.41) is 28.7. The second-order valence-electron chi connectivity index (χ2n) is 12.2. The Kier molecular flexibility index (Phi) is 7.00. The van der Waals surface area contributed by atoms with Gasteiger partial charge in [0.05, 0.1) is 49.0 Å². The van der Waals surface area contributed by atoms with Gasteiger partial charge in [-0.3, -0.25) is 4.55 Å². The summed E-state index contributed by atoms with van der Waals surface area (Å²) in [6, 6.07) is 29.3. The molecule has 1 spiro atoms. The van der Waals surface area contributed by atoms with Gasteiger partial charge in [-0.1, -0.05) is 78.1 Å². The Hall–Kier alpha value is -5.70. The van der Waals surface area contributed by atoms with Crippen molar-refractivity contribution in [3.8, 4) is 17.9 Å². The second-order valence-corrected chi connectivity index (χ2v) is 15.7. The first-order chi connectivity index (χ1) is 24.7. The van der Waals surface area contributed by atoms with Gasteiger partial charge in [0.1, 0.15) is 24.0 Å². The number of carbonyl (C=O) groups is 1. The summed E-state index contributed by atoms with van der Waals surface area (Å²) < 4.78 is 46.8. The van der Waals surface area contributed by atoms with Gasteiger partial charge >= 0.3 is 5.97 Å². The summed E-state index contributed by atoms with van der Waals surface area (Å²) >= 11 is 2.91. The Morgan fingerprint density at radius 1 is 0.843 bits per heavy atom. The number of carbonyl (C=O) groups excluding carboxylic acids is 1. The van der Waals surface area contributed by atoms with Crippen LogP contribution in [0.3, 0.4) is 0 Å². The number of benzene rings is 4. The second kappa shape index (κ2) is 11.4. The SMILES string of the molecule is N#C/C(C1=CC2Oc3cc(/C(C#N)=C4/Nc5ccccc5S4)ccc3C3(OC(=O)c4cc(S(=O)(=O)O)ccc43)C2C=C1)=C1\Nc2ccccc2S1. The van der Waals surface area contributed by atoms with Crippen LogP contribution in [0.2, 0.25) is 0 Å². The summed E-state index contributed by atoms with van der Waals surface area (Å²) in [6.07, 6.45) is 4.72. The van der Waals surface area contributed by atoms with Crippen LogP contribution in [0.1, 0.15) is 27.0 Å². The fraction of sp³-hybridized carbons (Fsp3) is 0.0789. The lowest BCUT2D eigenvalue weighted by molar-refractivity contribution is -0.0417. The summed E-state index contributed by atoms with van der Waals surface area (Å²) in [7, 11) is -4.61. The minimum absolute atomic E-state index is 0.00252. The average Bonchev–Trinajstić information content (AvgIpc) is 3.83. The number of nitrogens with zero attached hydrogens (tertiary/aromatic N) is 2. The molecule has 0 saturated heterocycles. The van der Waals surface area contributed by atoms with Crippen LogP contribution in [0.25, 0.3) is 5.57 Å². The van der Waals surface area contributed by atoms with Crippen LogP contribution in [-0.4, -0.2) is 25.0 Å². The highest BCUT2D eigenvalue weighted by molar-refractivity contribution is 8.04. The van der Waals surface area contributed by atoms with Gasteiger partial charge in [-0.15, -0.1) is 0 Å². The molecular formula is C38H22N4O6S3. The molecular weight excluding hydrogens is 705 g/mol. The molecule has 9 rings (SSSR count). The zero-order valence-corrected chi connectivity index (χ0v) is 28.5. The van der Waals surface area contributed by atoms with Gasteiger partial charge in [-0.2, -0.15) is 18.9 Å². The van der Waals surface area contributed by atoms with Crippen LogP contribution in [0.5, 0.6) is 5.75 Å². The molecule has 0 radical (unpaired) electrons. The summed E-state index contributed by atoms with van der Waals surface area (Å²) in [5.74, 6) is -1.05. The molecule has 0 fully saturated rings. The number of rotatable bonds is 3. The van der Waals surface area contributed by atoms with E-state index >= 15 is 0 Å². The predicted molar refractivity (Wildman–Crippen MR) is 191 cm³/mol. The molecule has 0 amide bonds. The number of anilines is 2. The molecule has 4 aromatic rings. The molecule has 0 saturated carbocycles.